The van der Waals surface area contributed by atoms with Gasteiger partial charge in [0.2, 0.25) is 6.04 Å². The molecule has 3 rings (SSSR count). The van der Waals surface area contributed by atoms with E-state index >= 15 is 0 Å². The van der Waals surface area contributed by atoms with E-state index in [4.69, 9.17) is 4.74 Å². The highest BCUT2D eigenvalue weighted by Crippen LogP contribution is 2.56. The summed E-state index contributed by atoms with van der Waals surface area (Å²) >= 11 is 0. The number of Topliss-reactive ketones (excluding diaryl/α,β-unsaturated/α-hetero) is 2. The first-order valence-corrected chi connectivity index (χ1v) is 10.0. The molecule has 0 radical (unpaired) electrons. The zero-order valence-corrected chi connectivity index (χ0v) is 17.3. The highest BCUT2D eigenvalue weighted by Gasteiger charge is 2.66. The topological polar surface area (TPSA) is 104 Å². The maximum Gasteiger partial charge on any atom is 0.320 e. The Kier molecular flexibility index (Phi) is 6.01. The third-order valence-corrected chi connectivity index (χ3v) is 6.16. The van der Waals surface area contributed by atoms with Gasteiger partial charge in [-0.25, -0.2) is 0 Å². The molecule has 0 amide bonds. The summed E-state index contributed by atoms with van der Waals surface area (Å²) in [5.74, 6) is -3.22. The highest BCUT2D eigenvalue weighted by molar-refractivity contribution is 6.05. The zero-order chi connectivity index (χ0) is 22.1. The molecule has 0 aliphatic heterocycles. The first-order valence-electron chi connectivity index (χ1n) is 10.0. The van der Waals surface area contributed by atoms with Gasteiger partial charge in [-0.2, -0.15) is 0 Å². The third kappa shape index (κ3) is 3.49. The van der Waals surface area contributed by atoms with E-state index in [0.717, 1.165) is 10.8 Å². The molecule has 1 aliphatic rings. The van der Waals surface area contributed by atoms with Crippen LogP contribution in [-0.2, 0) is 19.1 Å². The van der Waals surface area contributed by atoms with E-state index in [1.807, 2.05) is 30.3 Å². The van der Waals surface area contributed by atoms with Gasteiger partial charge in [-0.05, 0) is 43.5 Å². The number of ketones is 2. The molecular formula is C23H25NO6. The Morgan fingerprint density at radius 2 is 1.80 bits per heavy atom. The number of rotatable bonds is 7. The van der Waals surface area contributed by atoms with E-state index in [9.17, 15) is 24.5 Å². The Hall–Kier alpha value is -3.09. The molecule has 4 atom stereocenters. The van der Waals surface area contributed by atoms with Crippen molar-refractivity contribution in [3.8, 4) is 0 Å². The molecule has 2 aromatic carbocycles. The molecule has 0 unspecified atom stereocenters. The van der Waals surface area contributed by atoms with Crippen molar-refractivity contribution in [3.05, 3.63) is 58.1 Å². The largest absolute Gasteiger partial charge is 0.465 e. The van der Waals surface area contributed by atoms with Crippen LogP contribution in [0.25, 0.3) is 10.8 Å². The van der Waals surface area contributed by atoms with Gasteiger partial charge in [-0.15, -0.1) is 0 Å². The third-order valence-electron chi connectivity index (χ3n) is 6.16. The van der Waals surface area contributed by atoms with Gasteiger partial charge >= 0.3 is 5.97 Å². The van der Waals surface area contributed by atoms with E-state index in [1.165, 1.54) is 13.8 Å². The van der Waals surface area contributed by atoms with Crippen LogP contribution >= 0.6 is 0 Å². The number of esters is 1. The average Bonchev–Trinajstić information content (AvgIpc) is 3.03. The van der Waals surface area contributed by atoms with Gasteiger partial charge in [0, 0.05) is 17.3 Å². The molecule has 158 valence electrons. The smallest absolute Gasteiger partial charge is 0.320 e. The summed E-state index contributed by atoms with van der Waals surface area (Å²) in [6.07, 6.45) is -0.151. The number of nitro groups is 1. The van der Waals surface area contributed by atoms with Crippen LogP contribution in [-0.4, -0.2) is 35.1 Å². The molecule has 0 aromatic heterocycles. The van der Waals surface area contributed by atoms with Gasteiger partial charge in [0.05, 0.1) is 12.5 Å². The number of carbonyl (C=O) groups excluding carboxylic acids is 3. The van der Waals surface area contributed by atoms with E-state index in [-0.39, 0.29) is 25.2 Å². The number of fused-ring (bicyclic) bond motifs is 1. The molecule has 7 nitrogen and oxygen atoms in total. The molecule has 1 saturated carbocycles. The molecular weight excluding hydrogens is 386 g/mol. The predicted octanol–water partition coefficient (Wildman–Crippen LogP) is 3.71. The first-order chi connectivity index (χ1) is 14.2. The summed E-state index contributed by atoms with van der Waals surface area (Å²) in [7, 11) is 0. The molecule has 30 heavy (non-hydrogen) atoms. The predicted molar refractivity (Wildman–Crippen MR) is 111 cm³/mol. The Bertz CT molecular complexity index is 1010. The van der Waals surface area contributed by atoms with Crippen LogP contribution in [0.2, 0.25) is 0 Å². The molecule has 2 aromatic rings. The van der Waals surface area contributed by atoms with Crippen molar-refractivity contribution in [2.75, 3.05) is 6.61 Å². The standard InChI is InChI=1S/C23H25NO6/c1-4-30-22(27)23(15(3)26)13-17(12-14(2)25)21(24(28)29)20(23)19-11-7-9-16-8-5-6-10-18(16)19/h5-11,17,20-21H,4,12-13H2,1-3H3/t17-,20+,21-,23+/m1/s1. The zero-order valence-electron chi connectivity index (χ0n) is 17.3. The molecule has 0 saturated heterocycles. The van der Waals surface area contributed by atoms with Crippen molar-refractivity contribution in [2.24, 2.45) is 11.3 Å². The summed E-state index contributed by atoms with van der Waals surface area (Å²) in [6.45, 7) is 4.33. The number of ether oxygens (including phenoxy) is 1. The monoisotopic (exact) mass is 411 g/mol. The fraction of sp³-hybridized carbons (Fsp3) is 0.435. The number of hydrogen-bond donors (Lipinski definition) is 0. The lowest BCUT2D eigenvalue weighted by Gasteiger charge is -2.31. The van der Waals surface area contributed by atoms with Crippen LogP contribution in [0.5, 0.6) is 0 Å². The average molecular weight is 411 g/mol. The summed E-state index contributed by atoms with van der Waals surface area (Å²) in [4.78, 5) is 49.8. The van der Waals surface area contributed by atoms with Gasteiger partial charge in [-0.1, -0.05) is 42.5 Å². The minimum atomic E-state index is -1.71. The van der Waals surface area contributed by atoms with E-state index in [0.29, 0.717) is 5.56 Å². The lowest BCUT2D eigenvalue weighted by atomic mass is 9.69. The Morgan fingerprint density at radius 3 is 2.40 bits per heavy atom. The molecule has 0 spiro atoms. The Morgan fingerprint density at radius 1 is 1.13 bits per heavy atom. The Labute approximate surface area is 174 Å². The molecule has 1 aliphatic carbocycles. The van der Waals surface area contributed by atoms with Crippen LogP contribution in [0.3, 0.4) is 0 Å². The lowest BCUT2D eigenvalue weighted by Crippen LogP contribution is -2.44. The van der Waals surface area contributed by atoms with Gasteiger partial charge in [0.15, 0.2) is 0 Å². The normalized spacial score (nSPS) is 25.8. The molecule has 1 fully saturated rings. The summed E-state index contributed by atoms with van der Waals surface area (Å²) in [6, 6.07) is 11.5. The van der Waals surface area contributed by atoms with Crippen LogP contribution in [0.4, 0.5) is 0 Å². The summed E-state index contributed by atoms with van der Waals surface area (Å²) in [5, 5.41) is 13.8. The van der Waals surface area contributed by atoms with Crippen molar-refractivity contribution in [2.45, 2.75) is 45.6 Å². The second kappa shape index (κ2) is 8.34. The van der Waals surface area contributed by atoms with Gasteiger partial charge in [0.1, 0.15) is 17.0 Å². The van der Waals surface area contributed by atoms with E-state index in [2.05, 4.69) is 0 Å². The van der Waals surface area contributed by atoms with Crippen LogP contribution in [0.15, 0.2) is 42.5 Å². The Balaban J connectivity index is 2.33. The van der Waals surface area contributed by atoms with E-state index in [1.54, 1.807) is 19.1 Å². The summed E-state index contributed by atoms with van der Waals surface area (Å²) < 4.78 is 5.27. The SMILES string of the molecule is CCOC(=O)[C@]1(C(C)=O)C[C@@H](CC(C)=O)[C@@H]([N+](=O)[O-])[C@@H]1c1cccc2ccccc12. The fourth-order valence-corrected chi connectivity index (χ4v) is 5.03. The van der Waals surface area contributed by atoms with Crippen molar-refractivity contribution in [3.63, 3.8) is 0 Å². The van der Waals surface area contributed by atoms with Crippen LogP contribution < -0.4 is 0 Å². The van der Waals surface area contributed by atoms with Crippen molar-refractivity contribution >= 4 is 28.3 Å². The maximum absolute atomic E-state index is 13.2. The van der Waals surface area contributed by atoms with E-state index < -0.39 is 40.0 Å². The van der Waals surface area contributed by atoms with Crippen LogP contribution in [0.1, 0.15) is 45.1 Å². The van der Waals surface area contributed by atoms with Crippen LogP contribution in [0, 0.1) is 21.4 Å². The van der Waals surface area contributed by atoms with Gasteiger partial charge in [0.25, 0.3) is 0 Å². The second-order valence-electron chi connectivity index (χ2n) is 7.94. The fourth-order valence-electron chi connectivity index (χ4n) is 5.03. The second-order valence-corrected chi connectivity index (χ2v) is 7.94. The van der Waals surface area contributed by atoms with Gasteiger partial charge < -0.3 is 9.53 Å². The number of nitrogens with zero attached hydrogens (tertiary/aromatic N) is 1. The molecule has 0 bridgehead atoms. The first kappa shape index (κ1) is 21.6. The van der Waals surface area contributed by atoms with Crippen molar-refractivity contribution < 1.29 is 24.0 Å². The number of benzene rings is 2. The van der Waals surface area contributed by atoms with Gasteiger partial charge in [-0.3, -0.25) is 19.7 Å². The quantitative estimate of drug-likeness (QED) is 0.298. The highest BCUT2D eigenvalue weighted by atomic mass is 16.6. The van der Waals surface area contributed by atoms with Crippen molar-refractivity contribution in [1.82, 2.24) is 0 Å². The maximum atomic E-state index is 13.2. The molecule has 7 heteroatoms. The number of hydrogen-bond acceptors (Lipinski definition) is 6. The summed E-state index contributed by atoms with van der Waals surface area (Å²) in [5.41, 5.74) is -1.15. The molecule has 0 N–H and O–H groups in total. The molecule has 0 heterocycles. The van der Waals surface area contributed by atoms with Crippen molar-refractivity contribution in [1.29, 1.82) is 0 Å². The minimum absolute atomic E-state index is 0.0522. The number of carbonyl (C=O) groups is 3. The lowest BCUT2D eigenvalue weighted by molar-refractivity contribution is -0.532. The minimum Gasteiger partial charge on any atom is -0.465 e.